The van der Waals surface area contributed by atoms with E-state index in [1.165, 1.54) is 36.4 Å². The summed E-state index contributed by atoms with van der Waals surface area (Å²) >= 11 is 2.95. The van der Waals surface area contributed by atoms with Crippen LogP contribution in [0.1, 0.15) is 39.5 Å². The summed E-state index contributed by atoms with van der Waals surface area (Å²) in [6.07, 6.45) is 4.68. The van der Waals surface area contributed by atoms with Gasteiger partial charge in [0, 0.05) is 11.5 Å². The molecule has 0 aliphatic carbocycles. The van der Waals surface area contributed by atoms with E-state index in [9.17, 15) is 4.79 Å². The first-order valence-corrected chi connectivity index (χ1v) is 6.58. The molecule has 3 heteroatoms. The molecule has 0 fully saturated rings. The van der Waals surface area contributed by atoms with E-state index < -0.39 is 0 Å². The van der Waals surface area contributed by atoms with Crippen LogP contribution in [-0.2, 0) is 0 Å². The summed E-state index contributed by atoms with van der Waals surface area (Å²) in [7, 11) is 0. The van der Waals surface area contributed by atoms with Gasteiger partial charge in [-0.2, -0.15) is 0 Å². The number of hydrogen-bond acceptors (Lipinski definition) is 3. The topological polar surface area (TPSA) is 17.1 Å². The molecule has 0 heterocycles. The van der Waals surface area contributed by atoms with Gasteiger partial charge < -0.3 is 0 Å². The van der Waals surface area contributed by atoms with E-state index in [1.807, 2.05) is 0 Å². The zero-order valence-corrected chi connectivity index (χ0v) is 9.60. The summed E-state index contributed by atoms with van der Waals surface area (Å²) in [5, 5.41) is 0. The molecule has 0 atom stereocenters. The van der Waals surface area contributed by atoms with Crippen LogP contribution in [0.2, 0.25) is 0 Å². The second-order valence-corrected chi connectivity index (χ2v) is 5.05. The quantitative estimate of drug-likeness (QED) is 0.607. The van der Waals surface area contributed by atoms with Crippen LogP contribution in [0.5, 0.6) is 0 Å². The fourth-order valence-corrected chi connectivity index (χ4v) is 2.67. The smallest absolute Gasteiger partial charge is 0.246 e. The molecular formula is C9H18OS2. The molecule has 0 unspecified atom stereocenters. The molecule has 0 bridgehead atoms. The number of rotatable bonds is 6. The Bertz CT molecular complexity index is 103. The Morgan fingerprint density at radius 1 is 1.00 bits per heavy atom. The molecule has 0 amide bonds. The Hall–Kier alpha value is 0.370. The second-order valence-electron chi connectivity index (χ2n) is 2.65. The molecule has 0 radical (unpaired) electrons. The molecule has 0 spiro atoms. The first kappa shape index (κ1) is 12.4. The number of thioether (sulfide) groups is 2. The Kier molecular flexibility index (Phi) is 9.75. The molecule has 0 N–H and O–H groups in total. The van der Waals surface area contributed by atoms with E-state index in [0.29, 0.717) is 4.45 Å². The lowest BCUT2D eigenvalue weighted by atomic mass is 10.4. The van der Waals surface area contributed by atoms with Gasteiger partial charge in [-0.3, -0.25) is 4.79 Å². The molecule has 0 saturated carbocycles. The van der Waals surface area contributed by atoms with Crippen molar-refractivity contribution in [2.45, 2.75) is 39.5 Å². The van der Waals surface area contributed by atoms with Crippen LogP contribution < -0.4 is 0 Å². The highest BCUT2D eigenvalue weighted by Crippen LogP contribution is 2.18. The average Bonchev–Trinajstić information content (AvgIpc) is 2.06. The van der Waals surface area contributed by atoms with Crippen LogP contribution >= 0.6 is 23.5 Å². The zero-order valence-electron chi connectivity index (χ0n) is 7.97. The Labute approximate surface area is 84.1 Å². The van der Waals surface area contributed by atoms with Crippen molar-refractivity contribution in [2.75, 3.05) is 11.5 Å². The van der Waals surface area contributed by atoms with Gasteiger partial charge in [0.05, 0.1) is 0 Å². The largest absolute Gasteiger partial charge is 0.274 e. The normalized spacial score (nSPS) is 10.2. The van der Waals surface area contributed by atoms with Crippen LogP contribution in [0, 0.1) is 0 Å². The summed E-state index contributed by atoms with van der Waals surface area (Å²) in [5.74, 6) is 1.99. The average molecular weight is 206 g/mol. The van der Waals surface area contributed by atoms with Gasteiger partial charge in [-0.1, -0.05) is 50.2 Å². The van der Waals surface area contributed by atoms with Gasteiger partial charge in [0.15, 0.2) is 0 Å². The first-order valence-electron chi connectivity index (χ1n) is 4.60. The predicted octanol–water partition coefficient (Wildman–Crippen LogP) is 4.17. The monoisotopic (exact) mass is 206 g/mol. The van der Waals surface area contributed by atoms with Crippen LogP contribution in [0.4, 0.5) is 4.79 Å². The molecule has 0 rings (SSSR count). The molecule has 1 nitrogen and oxygen atoms in total. The minimum atomic E-state index is 0.303. The summed E-state index contributed by atoms with van der Waals surface area (Å²) in [6.45, 7) is 4.30. The van der Waals surface area contributed by atoms with Crippen molar-refractivity contribution in [1.29, 1.82) is 0 Å². The molecule has 0 aromatic heterocycles. The number of hydrogen-bond donors (Lipinski definition) is 0. The van der Waals surface area contributed by atoms with Crippen molar-refractivity contribution >= 4 is 28.0 Å². The van der Waals surface area contributed by atoms with E-state index in [2.05, 4.69) is 13.8 Å². The molecule has 72 valence electrons. The molecule has 0 aliphatic heterocycles. The number of carbonyl (C=O) groups is 1. The highest BCUT2D eigenvalue weighted by Gasteiger charge is 2.01. The molecule has 12 heavy (non-hydrogen) atoms. The van der Waals surface area contributed by atoms with Gasteiger partial charge in [-0.05, 0) is 12.8 Å². The minimum absolute atomic E-state index is 0.303. The van der Waals surface area contributed by atoms with Crippen molar-refractivity contribution in [1.82, 2.24) is 0 Å². The number of carbonyl (C=O) groups excluding carboxylic acids is 1. The van der Waals surface area contributed by atoms with Gasteiger partial charge >= 0.3 is 0 Å². The Morgan fingerprint density at radius 3 is 1.75 bits per heavy atom. The number of unbranched alkanes of at least 4 members (excludes halogenated alkanes) is 2. The fourth-order valence-electron chi connectivity index (χ4n) is 0.641. The van der Waals surface area contributed by atoms with Crippen LogP contribution in [0.3, 0.4) is 0 Å². The van der Waals surface area contributed by atoms with E-state index in [1.54, 1.807) is 0 Å². The molecular weight excluding hydrogens is 188 g/mol. The van der Waals surface area contributed by atoms with Crippen molar-refractivity contribution in [3.05, 3.63) is 0 Å². The van der Waals surface area contributed by atoms with Crippen LogP contribution in [0.15, 0.2) is 0 Å². The van der Waals surface area contributed by atoms with Crippen LogP contribution in [-0.4, -0.2) is 16.0 Å². The second kappa shape index (κ2) is 9.46. The first-order chi connectivity index (χ1) is 5.81. The highest BCUT2D eigenvalue weighted by atomic mass is 32.2. The molecule has 0 aromatic rings. The zero-order chi connectivity index (χ0) is 9.23. The Morgan fingerprint density at radius 2 is 1.42 bits per heavy atom. The summed E-state index contributed by atoms with van der Waals surface area (Å²) in [5.41, 5.74) is 0. The lowest BCUT2D eigenvalue weighted by molar-refractivity contribution is 0.276. The molecule has 0 saturated heterocycles. The minimum Gasteiger partial charge on any atom is -0.274 e. The standard InChI is InChI=1S/C9H18OS2/c1-3-5-7-11-9(10)12-8-6-4-2/h3-8H2,1-2H3. The van der Waals surface area contributed by atoms with Gasteiger partial charge in [0.25, 0.3) is 0 Å². The van der Waals surface area contributed by atoms with E-state index in [0.717, 1.165) is 24.3 Å². The van der Waals surface area contributed by atoms with Gasteiger partial charge in [0.2, 0.25) is 4.45 Å². The Balaban J connectivity index is 3.10. The fraction of sp³-hybridized carbons (Fsp3) is 0.889. The summed E-state index contributed by atoms with van der Waals surface area (Å²) in [6, 6.07) is 0. The SMILES string of the molecule is CCCCSC(=O)SCCCC. The van der Waals surface area contributed by atoms with E-state index in [-0.39, 0.29) is 0 Å². The van der Waals surface area contributed by atoms with Crippen molar-refractivity contribution in [3.8, 4) is 0 Å². The summed E-state index contributed by atoms with van der Waals surface area (Å²) in [4.78, 5) is 11.1. The maximum absolute atomic E-state index is 11.1. The van der Waals surface area contributed by atoms with Crippen molar-refractivity contribution < 1.29 is 4.79 Å². The molecule has 0 aliphatic rings. The van der Waals surface area contributed by atoms with Gasteiger partial charge in [-0.25, -0.2) is 0 Å². The predicted molar refractivity (Wildman–Crippen MR) is 60.1 cm³/mol. The van der Waals surface area contributed by atoms with Gasteiger partial charge in [-0.15, -0.1) is 0 Å². The third kappa shape index (κ3) is 8.47. The lowest BCUT2D eigenvalue weighted by Crippen LogP contribution is -1.87. The van der Waals surface area contributed by atoms with Crippen LogP contribution in [0.25, 0.3) is 0 Å². The molecule has 0 aromatic carbocycles. The van der Waals surface area contributed by atoms with E-state index >= 15 is 0 Å². The van der Waals surface area contributed by atoms with Gasteiger partial charge in [0.1, 0.15) is 0 Å². The van der Waals surface area contributed by atoms with Crippen molar-refractivity contribution in [2.24, 2.45) is 0 Å². The third-order valence-corrected chi connectivity index (χ3v) is 3.60. The maximum atomic E-state index is 11.1. The van der Waals surface area contributed by atoms with E-state index in [4.69, 9.17) is 0 Å². The summed E-state index contributed by atoms with van der Waals surface area (Å²) < 4.78 is 0.303. The maximum Gasteiger partial charge on any atom is 0.246 e. The lowest BCUT2D eigenvalue weighted by Gasteiger charge is -1.98. The third-order valence-electron chi connectivity index (χ3n) is 1.44. The highest BCUT2D eigenvalue weighted by molar-refractivity contribution is 8.38. The van der Waals surface area contributed by atoms with Crippen molar-refractivity contribution in [3.63, 3.8) is 0 Å².